The number of hydrogen-bond donors (Lipinski definition) is 2. The molecule has 2 N–H and O–H groups in total. The maximum Gasteiger partial charge on any atom is 0.329 e. The summed E-state index contributed by atoms with van der Waals surface area (Å²) >= 11 is 0. The summed E-state index contributed by atoms with van der Waals surface area (Å²) in [4.78, 5) is 39.1. The van der Waals surface area contributed by atoms with Crippen molar-refractivity contribution in [3.05, 3.63) is 34.2 Å². The zero-order valence-corrected chi connectivity index (χ0v) is 18.8. The topological polar surface area (TPSA) is 88.4 Å². The predicted octanol–water partition coefficient (Wildman–Crippen LogP) is 0.991. The van der Waals surface area contributed by atoms with Crippen LogP contribution in [0.3, 0.4) is 0 Å². The summed E-state index contributed by atoms with van der Waals surface area (Å²) in [6, 6.07) is 4.96. The number of nitrogens with zero attached hydrogens (tertiary/aromatic N) is 3. The van der Waals surface area contributed by atoms with Crippen molar-refractivity contribution < 1.29 is 9.59 Å². The standard InChI is InChI=1S/C24H31N5O3/c1-25-16-18-10-13-28(14-11-18)12-4-3-5-17-6-7-19-21(15-17)27(2)24(32)29(19)20-8-9-22(30)26-23(20)31/h6-7,15,18,20,25H,4,8-14,16H2,1-2H3,(H,26,30,31). The van der Waals surface area contributed by atoms with Crippen LogP contribution in [0.2, 0.25) is 0 Å². The number of amides is 2. The Bertz CT molecular complexity index is 1130. The number of nitrogens with one attached hydrogen (secondary N) is 2. The van der Waals surface area contributed by atoms with Gasteiger partial charge in [0.2, 0.25) is 11.8 Å². The first-order valence-corrected chi connectivity index (χ1v) is 11.4. The zero-order valence-electron chi connectivity index (χ0n) is 18.8. The molecular weight excluding hydrogens is 406 g/mol. The normalized spacial score (nSPS) is 20.2. The number of carbonyl (C=O) groups is 2. The van der Waals surface area contributed by atoms with Gasteiger partial charge in [0.25, 0.3) is 0 Å². The Morgan fingerprint density at radius 2 is 1.91 bits per heavy atom. The second kappa shape index (κ2) is 9.72. The van der Waals surface area contributed by atoms with Gasteiger partial charge < -0.3 is 10.2 Å². The predicted molar refractivity (Wildman–Crippen MR) is 123 cm³/mol. The Kier molecular flexibility index (Phi) is 6.77. The summed E-state index contributed by atoms with van der Waals surface area (Å²) in [5, 5.41) is 5.60. The fraction of sp³-hybridized carbons (Fsp3) is 0.542. The van der Waals surface area contributed by atoms with Crippen LogP contribution in [-0.4, -0.2) is 59.1 Å². The number of imidazole rings is 1. The number of likely N-dealkylation sites (tertiary alicyclic amines) is 1. The van der Waals surface area contributed by atoms with Crippen LogP contribution < -0.4 is 16.3 Å². The monoisotopic (exact) mass is 437 g/mol. The van der Waals surface area contributed by atoms with Crippen molar-refractivity contribution in [3.63, 3.8) is 0 Å². The van der Waals surface area contributed by atoms with E-state index in [0.717, 1.165) is 49.6 Å². The molecule has 1 aromatic heterocycles. The third kappa shape index (κ3) is 4.64. The molecular formula is C24H31N5O3. The summed E-state index contributed by atoms with van der Waals surface area (Å²) in [6.45, 7) is 4.35. The summed E-state index contributed by atoms with van der Waals surface area (Å²) in [5.41, 5.74) is 2.00. The van der Waals surface area contributed by atoms with E-state index in [0.29, 0.717) is 11.9 Å². The van der Waals surface area contributed by atoms with Crippen LogP contribution in [0.1, 0.15) is 43.7 Å². The number of fused-ring (bicyclic) bond motifs is 1. The van der Waals surface area contributed by atoms with E-state index in [-0.39, 0.29) is 18.0 Å². The van der Waals surface area contributed by atoms with E-state index >= 15 is 0 Å². The maximum atomic E-state index is 12.8. The molecule has 1 aromatic carbocycles. The number of carbonyl (C=O) groups excluding carboxylic acids is 2. The lowest BCUT2D eigenvalue weighted by Gasteiger charge is -2.31. The van der Waals surface area contributed by atoms with E-state index in [9.17, 15) is 14.4 Å². The summed E-state index contributed by atoms with van der Waals surface area (Å²) in [7, 11) is 3.71. The Morgan fingerprint density at radius 3 is 2.62 bits per heavy atom. The number of aromatic nitrogens is 2. The Hall–Kier alpha value is -2.89. The fourth-order valence-electron chi connectivity index (χ4n) is 4.75. The highest BCUT2D eigenvalue weighted by Crippen LogP contribution is 2.23. The lowest BCUT2D eigenvalue weighted by Crippen LogP contribution is -2.44. The minimum Gasteiger partial charge on any atom is -0.319 e. The lowest BCUT2D eigenvalue weighted by atomic mass is 9.97. The van der Waals surface area contributed by atoms with Crippen molar-refractivity contribution >= 4 is 22.8 Å². The number of benzene rings is 1. The minimum atomic E-state index is -0.668. The second-order valence-corrected chi connectivity index (χ2v) is 8.78. The molecule has 0 bridgehead atoms. The number of aryl methyl sites for hydroxylation is 1. The molecule has 1 unspecified atom stereocenters. The molecule has 0 saturated carbocycles. The van der Waals surface area contributed by atoms with Crippen molar-refractivity contribution in [2.24, 2.45) is 13.0 Å². The van der Waals surface area contributed by atoms with Crippen molar-refractivity contribution in [1.82, 2.24) is 24.7 Å². The van der Waals surface area contributed by atoms with Gasteiger partial charge in [0, 0.05) is 32.0 Å². The molecule has 2 fully saturated rings. The average molecular weight is 438 g/mol. The molecule has 8 nitrogen and oxygen atoms in total. The number of piperidine rings is 2. The van der Waals surface area contributed by atoms with Crippen molar-refractivity contribution in [3.8, 4) is 11.8 Å². The molecule has 2 amide bonds. The van der Waals surface area contributed by atoms with Gasteiger partial charge in [-0.15, -0.1) is 0 Å². The molecule has 8 heteroatoms. The average Bonchev–Trinajstić information content (AvgIpc) is 3.03. The van der Waals surface area contributed by atoms with E-state index < -0.39 is 11.9 Å². The molecule has 32 heavy (non-hydrogen) atoms. The molecule has 0 aliphatic carbocycles. The molecule has 170 valence electrons. The van der Waals surface area contributed by atoms with Crippen LogP contribution in [0.4, 0.5) is 0 Å². The van der Waals surface area contributed by atoms with Crippen LogP contribution in [0.15, 0.2) is 23.0 Å². The van der Waals surface area contributed by atoms with Gasteiger partial charge in [0.15, 0.2) is 0 Å². The SMILES string of the molecule is CNCC1CCN(CCC#Cc2ccc3c(c2)n(C)c(=O)n3C2CCC(=O)NC2=O)CC1. The highest BCUT2D eigenvalue weighted by molar-refractivity contribution is 6.00. The van der Waals surface area contributed by atoms with Crippen LogP contribution in [0, 0.1) is 17.8 Å². The quantitative estimate of drug-likeness (QED) is 0.538. The van der Waals surface area contributed by atoms with E-state index in [4.69, 9.17) is 0 Å². The lowest BCUT2D eigenvalue weighted by molar-refractivity contribution is -0.135. The van der Waals surface area contributed by atoms with Crippen LogP contribution in [0.5, 0.6) is 0 Å². The van der Waals surface area contributed by atoms with Gasteiger partial charge in [-0.1, -0.05) is 11.8 Å². The molecule has 0 radical (unpaired) electrons. The molecule has 4 rings (SSSR count). The Labute approximate surface area is 187 Å². The number of imide groups is 1. The molecule has 1 atom stereocenters. The first kappa shape index (κ1) is 22.3. The third-order valence-electron chi connectivity index (χ3n) is 6.60. The largest absolute Gasteiger partial charge is 0.329 e. The smallest absolute Gasteiger partial charge is 0.319 e. The van der Waals surface area contributed by atoms with Gasteiger partial charge >= 0.3 is 5.69 Å². The van der Waals surface area contributed by atoms with Crippen LogP contribution in [-0.2, 0) is 16.6 Å². The molecule has 2 aliphatic rings. The van der Waals surface area contributed by atoms with Crippen molar-refractivity contribution in [2.45, 2.75) is 38.1 Å². The highest BCUT2D eigenvalue weighted by atomic mass is 16.2. The molecule has 2 aromatic rings. The van der Waals surface area contributed by atoms with E-state index in [2.05, 4.69) is 27.4 Å². The molecule has 3 heterocycles. The number of hydrogen-bond acceptors (Lipinski definition) is 5. The van der Waals surface area contributed by atoms with Gasteiger partial charge in [-0.3, -0.25) is 24.0 Å². The number of rotatable bonds is 5. The molecule has 2 saturated heterocycles. The first-order chi connectivity index (χ1) is 15.5. The summed E-state index contributed by atoms with van der Waals surface area (Å²) in [6.07, 6.45) is 3.85. The molecule has 0 spiro atoms. The fourth-order valence-corrected chi connectivity index (χ4v) is 4.75. The summed E-state index contributed by atoms with van der Waals surface area (Å²) in [5.74, 6) is 6.56. The summed E-state index contributed by atoms with van der Waals surface area (Å²) < 4.78 is 3.03. The zero-order chi connectivity index (χ0) is 22.7. The van der Waals surface area contributed by atoms with Crippen LogP contribution in [0.25, 0.3) is 11.0 Å². The molecule has 2 aliphatic heterocycles. The third-order valence-corrected chi connectivity index (χ3v) is 6.60. The van der Waals surface area contributed by atoms with E-state index in [1.807, 2.05) is 25.2 Å². The van der Waals surface area contributed by atoms with Crippen molar-refractivity contribution in [2.75, 3.05) is 33.2 Å². The van der Waals surface area contributed by atoms with Gasteiger partial charge in [-0.25, -0.2) is 4.79 Å². The van der Waals surface area contributed by atoms with E-state index in [1.54, 1.807) is 11.6 Å². The van der Waals surface area contributed by atoms with Gasteiger partial charge in [-0.2, -0.15) is 0 Å². The van der Waals surface area contributed by atoms with Gasteiger partial charge in [0.05, 0.1) is 11.0 Å². The first-order valence-electron chi connectivity index (χ1n) is 11.4. The van der Waals surface area contributed by atoms with Gasteiger partial charge in [0.1, 0.15) is 6.04 Å². The van der Waals surface area contributed by atoms with Gasteiger partial charge in [-0.05, 0) is 70.1 Å². The van der Waals surface area contributed by atoms with Crippen LogP contribution >= 0.6 is 0 Å². The highest BCUT2D eigenvalue weighted by Gasteiger charge is 2.31. The van der Waals surface area contributed by atoms with E-state index in [1.165, 1.54) is 17.4 Å². The Morgan fingerprint density at radius 1 is 1.12 bits per heavy atom. The van der Waals surface area contributed by atoms with Crippen molar-refractivity contribution in [1.29, 1.82) is 0 Å². The second-order valence-electron chi connectivity index (χ2n) is 8.78. The minimum absolute atomic E-state index is 0.232. The Balaban J connectivity index is 1.44. The maximum absolute atomic E-state index is 12.8.